The van der Waals surface area contributed by atoms with Gasteiger partial charge in [0, 0.05) is 23.7 Å². The number of carbonyl (C=O) groups is 1. The lowest BCUT2D eigenvalue weighted by molar-refractivity contribution is -0.123. The lowest BCUT2D eigenvalue weighted by atomic mass is 9.92. The number of nitrogens with one attached hydrogen (secondary N) is 2. The van der Waals surface area contributed by atoms with Crippen molar-refractivity contribution in [2.75, 3.05) is 13.1 Å². The van der Waals surface area contributed by atoms with Gasteiger partial charge in [-0.2, -0.15) is 5.10 Å². The molecule has 1 aromatic heterocycles. The summed E-state index contributed by atoms with van der Waals surface area (Å²) in [6, 6.07) is 10.1. The average molecular weight is 375 g/mol. The molecule has 1 aromatic carbocycles. The van der Waals surface area contributed by atoms with E-state index in [4.69, 9.17) is 0 Å². The van der Waals surface area contributed by atoms with E-state index in [0.717, 1.165) is 55.0 Å². The van der Waals surface area contributed by atoms with Crippen LogP contribution >= 0.6 is 12.4 Å². The number of halogens is 1. The molecule has 0 radical (unpaired) electrons. The van der Waals surface area contributed by atoms with Crippen LogP contribution in [-0.4, -0.2) is 28.8 Å². The van der Waals surface area contributed by atoms with Crippen LogP contribution in [0.3, 0.4) is 0 Å². The van der Waals surface area contributed by atoms with E-state index in [2.05, 4.69) is 22.7 Å². The largest absolute Gasteiger partial charge is 0.352 e. The highest BCUT2D eigenvalue weighted by Gasteiger charge is 2.57. The second kappa shape index (κ2) is 7.41. The summed E-state index contributed by atoms with van der Waals surface area (Å²) in [5, 5.41) is 11.2. The van der Waals surface area contributed by atoms with E-state index in [1.165, 1.54) is 0 Å². The molecule has 1 saturated carbocycles. The number of amides is 1. The van der Waals surface area contributed by atoms with Crippen LogP contribution in [0.15, 0.2) is 30.3 Å². The minimum absolute atomic E-state index is 0. The van der Waals surface area contributed by atoms with Gasteiger partial charge in [-0.3, -0.25) is 4.79 Å². The second-order valence-electron chi connectivity index (χ2n) is 7.48. The fraction of sp³-hybridized carbons (Fsp3) is 0.500. The number of hydrogen-bond donors (Lipinski definition) is 2. The lowest BCUT2D eigenvalue weighted by Crippen LogP contribution is -2.33. The van der Waals surface area contributed by atoms with Crippen molar-refractivity contribution in [3.8, 4) is 5.69 Å². The minimum Gasteiger partial charge on any atom is -0.352 e. The van der Waals surface area contributed by atoms with Crippen molar-refractivity contribution in [2.24, 2.45) is 11.3 Å². The van der Waals surface area contributed by atoms with E-state index in [9.17, 15) is 4.79 Å². The van der Waals surface area contributed by atoms with Gasteiger partial charge in [0.2, 0.25) is 5.91 Å². The third-order valence-electron chi connectivity index (χ3n) is 5.99. The Kier molecular flexibility index (Phi) is 5.39. The van der Waals surface area contributed by atoms with Gasteiger partial charge >= 0.3 is 0 Å². The zero-order chi connectivity index (χ0) is 17.4. The third-order valence-corrected chi connectivity index (χ3v) is 5.99. The van der Waals surface area contributed by atoms with Crippen molar-refractivity contribution in [2.45, 2.75) is 39.7 Å². The molecule has 0 bridgehead atoms. The second-order valence-corrected chi connectivity index (χ2v) is 7.48. The number of aryl methyl sites for hydroxylation is 1. The zero-order valence-corrected chi connectivity index (χ0v) is 16.2. The molecule has 4 rings (SSSR count). The summed E-state index contributed by atoms with van der Waals surface area (Å²) in [5.41, 5.74) is 4.53. The van der Waals surface area contributed by atoms with Crippen LogP contribution in [0.4, 0.5) is 0 Å². The third kappa shape index (κ3) is 3.38. The highest BCUT2D eigenvalue weighted by Crippen LogP contribution is 2.58. The quantitative estimate of drug-likeness (QED) is 0.865. The van der Waals surface area contributed by atoms with E-state index in [-0.39, 0.29) is 29.6 Å². The molecule has 5 nitrogen and oxygen atoms in total. The van der Waals surface area contributed by atoms with Crippen LogP contribution < -0.4 is 10.6 Å². The molecule has 1 atom stereocenters. The van der Waals surface area contributed by atoms with Crippen LogP contribution in [-0.2, 0) is 11.3 Å². The zero-order valence-electron chi connectivity index (χ0n) is 15.4. The van der Waals surface area contributed by atoms with Crippen molar-refractivity contribution >= 4 is 18.3 Å². The Bertz CT molecular complexity index is 781. The van der Waals surface area contributed by atoms with Crippen LogP contribution in [0.25, 0.3) is 5.69 Å². The summed E-state index contributed by atoms with van der Waals surface area (Å²) in [4.78, 5) is 12.6. The van der Waals surface area contributed by atoms with Crippen molar-refractivity contribution < 1.29 is 4.79 Å². The Balaban J connectivity index is 0.00000196. The van der Waals surface area contributed by atoms with Gasteiger partial charge in [-0.05, 0) is 63.7 Å². The molecule has 26 heavy (non-hydrogen) atoms. The first-order chi connectivity index (χ1) is 12.1. The molecule has 1 aliphatic carbocycles. The number of para-hydroxylation sites is 1. The summed E-state index contributed by atoms with van der Waals surface area (Å²) in [6.07, 6.45) is 3.33. The Morgan fingerprint density at radius 2 is 1.96 bits per heavy atom. The number of nitrogens with zero attached hydrogens (tertiary/aromatic N) is 2. The molecule has 2 heterocycles. The van der Waals surface area contributed by atoms with Gasteiger partial charge in [0.05, 0.1) is 11.4 Å². The van der Waals surface area contributed by atoms with Crippen LogP contribution in [0, 0.1) is 25.2 Å². The minimum atomic E-state index is 0. The first kappa shape index (κ1) is 18.9. The average Bonchev–Trinajstić information content (AvgIpc) is 3.25. The Morgan fingerprint density at radius 3 is 2.65 bits per heavy atom. The summed E-state index contributed by atoms with van der Waals surface area (Å²) in [5.74, 6) is 0.424. The summed E-state index contributed by atoms with van der Waals surface area (Å²) < 4.78 is 1.96. The van der Waals surface area contributed by atoms with Crippen LogP contribution in [0.2, 0.25) is 0 Å². The molecule has 1 amide bonds. The number of carbonyl (C=O) groups excluding carboxylic acids is 1. The highest BCUT2D eigenvalue weighted by molar-refractivity contribution is 5.85. The monoisotopic (exact) mass is 374 g/mol. The number of rotatable bonds is 4. The van der Waals surface area contributed by atoms with Crippen molar-refractivity contribution in [1.82, 2.24) is 20.4 Å². The molecule has 2 aliphatic rings. The van der Waals surface area contributed by atoms with Crippen LogP contribution in [0.1, 0.15) is 36.2 Å². The van der Waals surface area contributed by atoms with Gasteiger partial charge in [-0.1, -0.05) is 18.2 Å². The topological polar surface area (TPSA) is 59.0 Å². The van der Waals surface area contributed by atoms with Crippen molar-refractivity contribution in [1.29, 1.82) is 0 Å². The summed E-state index contributed by atoms with van der Waals surface area (Å²) in [7, 11) is 0. The van der Waals surface area contributed by atoms with Gasteiger partial charge in [0.1, 0.15) is 0 Å². The maximum absolute atomic E-state index is 12.6. The molecule has 140 valence electrons. The molecule has 1 saturated heterocycles. The van der Waals surface area contributed by atoms with Gasteiger partial charge in [0.15, 0.2) is 0 Å². The van der Waals surface area contributed by atoms with Gasteiger partial charge in [-0.25, -0.2) is 4.68 Å². The SMILES string of the molecule is Cc1nn(-c2ccccc2)c(C)c1CNC(=O)C1CC12CCNCC2.Cl. The maximum Gasteiger partial charge on any atom is 0.223 e. The van der Waals surface area contributed by atoms with E-state index < -0.39 is 0 Å². The van der Waals surface area contributed by atoms with Crippen molar-refractivity contribution in [3.05, 3.63) is 47.3 Å². The maximum atomic E-state index is 12.6. The first-order valence-corrected chi connectivity index (χ1v) is 9.20. The number of aromatic nitrogens is 2. The summed E-state index contributed by atoms with van der Waals surface area (Å²) >= 11 is 0. The standard InChI is InChI=1S/C20H26N4O.ClH/c1-14-17(15(2)24(23-14)16-6-4-3-5-7-16)13-22-19(25)18-12-20(18)8-10-21-11-9-20;/h3-7,18,21H,8-13H2,1-2H3,(H,22,25);1H. The molecule has 1 spiro atoms. The Labute approximate surface area is 161 Å². The molecular formula is C20H27ClN4O. The van der Waals surface area contributed by atoms with E-state index in [1.807, 2.05) is 41.9 Å². The molecule has 6 heteroatoms. The van der Waals surface area contributed by atoms with Crippen LogP contribution in [0.5, 0.6) is 0 Å². The molecule has 1 aliphatic heterocycles. The Morgan fingerprint density at radius 1 is 1.27 bits per heavy atom. The predicted molar refractivity (Wildman–Crippen MR) is 105 cm³/mol. The highest BCUT2D eigenvalue weighted by atomic mass is 35.5. The Hall–Kier alpha value is -1.85. The smallest absolute Gasteiger partial charge is 0.223 e. The predicted octanol–water partition coefficient (Wildman–Crippen LogP) is 2.92. The van der Waals surface area contributed by atoms with Gasteiger partial charge in [-0.15, -0.1) is 12.4 Å². The molecule has 1 unspecified atom stereocenters. The van der Waals surface area contributed by atoms with E-state index in [0.29, 0.717) is 6.54 Å². The first-order valence-electron chi connectivity index (χ1n) is 9.20. The molecule has 2 N–H and O–H groups in total. The number of piperidine rings is 1. The fourth-order valence-corrected chi connectivity index (χ4v) is 4.25. The molecular weight excluding hydrogens is 348 g/mol. The van der Waals surface area contributed by atoms with E-state index >= 15 is 0 Å². The van der Waals surface area contributed by atoms with E-state index in [1.54, 1.807) is 0 Å². The summed E-state index contributed by atoms with van der Waals surface area (Å²) in [6.45, 7) is 6.74. The number of hydrogen-bond acceptors (Lipinski definition) is 3. The fourth-order valence-electron chi connectivity index (χ4n) is 4.25. The number of benzene rings is 1. The van der Waals surface area contributed by atoms with Gasteiger partial charge < -0.3 is 10.6 Å². The lowest BCUT2D eigenvalue weighted by Gasteiger charge is -2.23. The molecule has 2 fully saturated rings. The molecule has 2 aromatic rings. The normalized spacial score (nSPS) is 20.5. The van der Waals surface area contributed by atoms with Gasteiger partial charge in [0.25, 0.3) is 0 Å². The van der Waals surface area contributed by atoms with Crippen molar-refractivity contribution in [3.63, 3.8) is 0 Å².